The Bertz CT molecular complexity index is 1800. The van der Waals surface area contributed by atoms with Gasteiger partial charge in [-0.05, 0) is 60.9 Å². The fraction of sp³-hybridized carbons (Fsp3) is 0.333. The predicted octanol–water partition coefficient (Wildman–Crippen LogP) is 5.82. The summed E-state index contributed by atoms with van der Waals surface area (Å²) in [5.41, 5.74) is 2.56. The Labute approximate surface area is 289 Å². The number of nitrogens with one attached hydrogen (secondary N) is 2. The average Bonchev–Trinajstić information content (AvgIpc) is 3.12. The van der Waals surface area contributed by atoms with E-state index in [9.17, 15) is 14.0 Å². The lowest BCUT2D eigenvalue weighted by Gasteiger charge is -2.31. The van der Waals surface area contributed by atoms with Crippen molar-refractivity contribution in [1.29, 1.82) is 0 Å². The number of hydrogen-bond acceptors (Lipinski definition) is 9. The van der Waals surface area contributed by atoms with Gasteiger partial charge in [0.05, 0.1) is 35.4 Å². The van der Waals surface area contributed by atoms with Gasteiger partial charge in [0, 0.05) is 49.9 Å². The van der Waals surface area contributed by atoms with Gasteiger partial charge in [-0.2, -0.15) is 0 Å². The molecule has 0 bridgehead atoms. The number of ether oxygens (including phenoxy) is 3. The molecule has 0 spiro atoms. The largest absolute Gasteiger partial charge is 0.490 e. The Balaban J connectivity index is 1.22. The topological polar surface area (TPSA) is 118 Å². The van der Waals surface area contributed by atoms with Crippen LogP contribution in [-0.4, -0.2) is 84.1 Å². The van der Waals surface area contributed by atoms with E-state index in [1.807, 2.05) is 6.07 Å². The monoisotopic (exact) mass is 688 g/mol. The number of morpholine rings is 1. The van der Waals surface area contributed by atoms with E-state index in [1.54, 1.807) is 41.3 Å². The smallest absolute Gasteiger partial charge is 0.245 e. The molecule has 2 amide bonds. The molecule has 0 aliphatic carbocycles. The van der Waals surface area contributed by atoms with Crippen LogP contribution in [0.4, 0.5) is 21.6 Å². The van der Waals surface area contributed by atoms with Crippen molar-refractivity contribution >= 4 is 51.5 Å². The molecule has 256 valence electrons. The zero-order chi connectivity index (χ0) is 34.2. The number of anilines is 3. The number of carbonyl (C=O) groups excluding carboxylic acids is 2. The summed E-state index contributed by atoms with van der Waals surface area (Å²) in [6.45, 7) is 8.89. The number of rotatable bonds is 12. The van der Waals surface area contributed by atoms with Crippen molar-refractivity contribution in [2.45, 2.75) is 19.4 Å². The first kappa shape index (κ1) is 34.1. The highest BCUT2D eigenvalue weighted by molar-refractivity contribution is 6.32. The number of carbonyl (C=O) groups is 2. The molecule has 3 heterocycles. The third-order valence-electron chi connectivity index (χ3n) is 8.54. The van der Waals surface area contributed by atoms with E-state index in [0.717, 1.165) is 25.1 Å². The molecule has 13 heteroatoms. The van der Waals surface area contributed by atoms with Crippen molar-refractivity contribution in [3.8, 4) is 11.5 Å². The van der Waals surface area contributed by atoms with Crippen LogP contribution in [-0.2, 0) is 20.9 Å². The van der Waals surface area contributed by atoms with Crippen molar-refractivity contribution in [3.05, 3.63) is 90.0 Å². The van der Waals surface area contributed by atoms with Gasteiger partial charge in [0.25, 0.3) is 0 Å². The van der Waals surface area contributed by atoms with Crippen LogP contribution in [0.1, 0.15) is 18.4 Å². The number of piperidine rings is 1. The quantitative estimate of drug-likeness (QED) is 0.178. The zero-order valence-corrected chi connectivity index (χ0v) is 27.8. The summed E-state index contributed by atoms with van der Waals surface area (Å²) < 4.78 is 30.8. The van der Waals surface area contributed by atoms with Crippen LogP contribution in [0.25, 0.3) is 10.9 Å². The molecular weight excluding hydrogens is 651 g/mol. The molecule has 0 radical (unpaired) electrons. The minimum Gasteiger partial charge on any atom is -0.490 e. The molecule has 1 aromatic heterocycles. The first-order chi connectivity index (χ1) is 23.9. The van der Waals surface area contributed by atoms with Crippen LogP contribution < -0.4 is 20.1 Å². The molecule has 2 N–H and O–H groups in total. The molecule has 11 nitrogen and oxygen atoms in total. The first-order valence-electron chi connectivity index (χ1n) is 16.2. The maximum Gasteiger partial charge on any atom is 0.245 e. The van der Waals surface area contributed by atoms with E-state index in [1.165, 1.54) is 24.5 Å². The minimum absolute atomic E-state index is 0.184. The molecule has 49 heavy (non-hydrogen) atoms. The molecule has 2 saturated heterocycles. The van der Waals surface area contributed by atoms with Gasteiger partial charge >= 0.3 is 0 Å². The fourth-order valence-electron chi connectivity index (χ4n) is 5.84. The van der Waals surface area contributed by atoms with Gasteiger partial charge in [0.2, 0.25) is 11.8 Å². The summed E-state index contributed by atoms with van der Waals surface area (Å²) in [5, 5.41) is 7.42. The zero-order valence-electron chi connectivity index (χ0n) is 27.0. The van der Waals surface area contributed by atoms with Gasteiger partial charge < -0.3 is 29.7 Å². The van der Waals surface area contributed by atoms with Gasteiger partial charge in [-0.25, -0.2) is 14.4 Å². The third-order valence-corrected chi connectivity index (χ3v) is 8.84. The molecule has 0 saturated carbocycles. The number of aromatic nitrogens is 2. The van der Waals surface area contributed by atoms with Gasteiger partial charge in [-0.15, -0.1) is 0 Å². The van der Waals surface area contributed by atoms with Crippen LogP contribution in [0.15, 0.2) is 73.6 Å². The van der Waals surface area contributed by atoms with Crippen molar-refractivity contribution in [2.24, 2.45) is 5.92 Å². The Morgan fingerprint density at radius 3 is 2.63 bits per heavy atom. The van der Waals surface area contributed by atoms with Crippen molar-refractivity contribution in [2.75, 3.05) is 63.2 Å². The van der Waals surface area contributed by atoms with Gasteiger partial charge in [-0.3, -0.25) is 14.5 Å². The summed E-state index contributed by atoms with van der Waals surface area (Å²) in [6, 6.07) is 15.0. The van der Waals surface area contributed by atoms with Crippen LogP contribution >= 0.6 is 11.6 Å². The summed E-state index contributed by atoms with van der Waals surface area (Å²) in [5.74, 6) is 0.378. The molecule has 2 fully saturated rings. The number of likely N-dealkylation sites (tertiary alicyclic amines) is 1. The van der Waals surface area contributed by atoms with E-state index < -0.39 is 0 Å². The molecular formula is C36H38ClFN6O5. The van der Waals surface area contributed by atoms with Gasteiger partial charge in [0.1, 0.15) is 42.7 Å². The Morgan fingerprint density at radius 2 is 1.86 bits per heavy atom. The standard InChI is InChI=1S/C36H38ClFN6O5/c1-2-34(45)44-11-3-4-25(21-44)36(46)42-31-19-28-30(20-33(31)48-17-14-43-12-15-47-16-13-43)39-23-40-35(28)41-27-9-10-32(29(37)18-27)49-22-24-5-7-26(38)8-6-24/h2,5-10,18-20,23,25H,1,3-4,11-17,21-22H2,(H,42,46)(H,39,40,41). The second-order valence-electron chi connectivity index (χ2n) is 11.9. The Kier molecular flexibility index (Phi) is 11.2. The average molecular weight is 689 g/mol. The Hall–Kier alpha value is -4.78. The first-order valence-corrected chi connectivity index (χ1v) is 16.6. The number of benzene rings is 3. The van der Waals surface area contributed by atoms with Crippen LogP contribution in [0.3, 0.4) is 0 Å². The highest BCUT2D eigenvalue weighted by Crippen LogP contribution is 2.35. The lowest BCUT2D eigenvalue weighted by Crippen LogP contribution is -2.43. The number of amides is 2. The van der Waals surface area contributed by atoms with Crippen molar-refractivity contribution < 1.29 is 28.2 Å². The molecule has 6 rings (SSSR count). The second kappa shape index (κ2) is 16.1. The van der Waals surface area contributed by atoms with Crippen LogP contribution in [0.5, 0.6) is 11.5 Å². The predicted molar refractivity (Wildman–Crippen MR) is 186 cm³/mol. The highest BCUT2D eigenvalue weighted by atomic mass is 35.5. The summed E-state index contributed by atoms with van der Waals surface area (Å²) >= 11 is 6.56. The lowest BCUT2D eigenvalue weighted by atomic mass is 9.97. The molecule has 2 aliphatic heterocycles. The number of fused-ring (bicyclic) bond motifs is 1. The van der Waals surface area contributed by atoms with Crippen LogP contribution in [0.2, 0.25) is 5.02 Å². The maximum atomic E-state index is 13.6. The SMILES string of the molecule is C=CC(=O)N1CCCC(C(=O)Nc2cc3c(Nc4ccc(OCc5ccc(F)cc5)c(Cl)c4)ncnc3cc2OCCN2CCOCC2)C1. The highest BCUT2D eigenvalue weighted by Gasteiger charge is 2.28. The maximum absolute atomic E-state index is 13.6. The lowest BCUT2D eigenvalue weighted by molar-refractivity contribution is -0.130. The van der Waals surface area contributed by atoms with E-state index in [4.69, 9.17) is 25.8 Å². The van der Waals surface area contributed by atoms with Gasteiger partial charge in [0.15, 0.2) is 0 Å². The number of nitrogens with zero attached hydrogens (tertiary/aromatic N) is 4. The normalized spacial score (nSPS) is 16.6. The number of halogens is 2. The summed E-state index contributed by atoms with van der Waals surface area (Å²) in [6.07, 6.45) is 4.11. The second-order valence-corrected chi connectivity index (χ2v) is 12.3. The molecule has 4 aromatic rings. The molecule has 2 aliphatic rings. The summed E-state index contributed by atoms with van der Waals surface area (Å²) in [7, 11) is 0. The minimum atomic E-state index is -0.384. The molecule has 3 aromatic carbocycles. The fourth-order valence-corrected chi connectivity index (χ4v) is 6.07. The number of hydrogen-bond donors (Lipinski definition) is 2. The van der Waals surface area contributed by atoms with E-state index in [0.29, 0.717) is 90.5 Å². The van der Waals surface area contributed by atoms with Crippen molar-refractivity contribution in [3.63, 3.8) is 0 Å². The van der Waals surface area contributed by atoms with E-state index in [2.05, 4.69) is 32.1 Å². The Morgan fingerprint density at radius 1 is 1.04 bits per heavy atom. The third kappa shape index (κ3) is 8.83. The van der Waals surface area contributed by atoms with E-state index in [-0.39, 0.29) is 30.2 Å². The molecule has 1 atom stereocenters. The molecule has 1 unspecified atom stereocenters. The van der Waals surface area contributed by atoms with E-state index >= 15 is 0 Å². The summed E-state index contributed by atoms with van der Waals surface area (Å²) in [4.78, 5) is 38.8. The van der Waals surface area contributed by atoms with Gasteiger partial charge in [-0.1, -0.05) is 30.3 Å². The van der Waals surface area contributed by atoms with Crippen LogP contribution in [0, 0.1) is 11.7 Å². The van der Waals surface area contributed by atoms with Crippen molar-refractivity contribution in [1.82, 2.24) is 19.8 Å².